The van der Waals surface area contributed by atoms with Gasteiger partial charge >= 0.3 is 0 Å². The third-order valence-corrected chi connectivity index (χ3v) is 4.82. The number of rotatable bonds is 4. The van der Waals surface area contributed by atoms with E-state index >= 15 is 0 Å². The van der Waals surface area contributed by atoms with Crippen molar-refractivity contribution in [1.82, 2.24) is 10.2 Å². The van der Waals surface area contributed by atoms with Gasteiger partial charge in [-0.1, -0.05) is 38.5 Å². The number of nitrogens with one attached hydrogen (secondary N) is 1. The molecule has 1 saturated heterocycles. The lowest BCUT2D eigenvalue weighted by molar-refractivity contribution is 0.231. The van der Waals surface area contributed by atoms with Gasteiger partial charge in [-0.2, -0.15) is 0 Å². The smallest absolute Gasteiger partial charge is 0.0234 e. The fourth-order valence-electron chi connectivity index (χ4n) is 2.99. The van der Waals surface area contributed by atoms with Gasteiger partial charge in [0, 0.05) is 19.1 Å². The van der Waals surface area contributed by atoms with E-state index in [0.717, 1.165) is 12.5 Å². The van der Waals surface area contributed by atoms with Gasteiger partial charge in [-0.05, 0) is 56.0 Å². The summed E-state index contributed by atoms with van der Waals surface area (Å²) in [5, 5.41) is 3.73. The van der Waals surface area contributed by atoms with Gasteiger partial charge in [0.05, 0.1) is 0 Å². The summed E-state index contributed by atoms with van der Waals surface area (Å²) < 4.78 is 0. The van der Waals surface area contributed by atoms with Crippen molar-refractivity contribution in [2.45, 2.75) is 53.1 Å². The van der Waals surface area contributed by atoms with E-state index in [-0.39, 0.29) is 0 Å². The number of hydrogen-bond acceptors (Lipinski definition) is 2. The first kappa shape index (κ1) is 15.5. The molecular formula is C18H30N2. The normalized spacial score (nSPS) is 22.5. The van der Waals surface area contributed by atoms with E-state index in [4.69, 9.17) is 0 Å². The fourth-order valence-corrected chi connectivity index (χ4v) is 2.99. The topological polar surface area (TPSA) is 15.3 Å². The fraction of sp³-hybridized carbons (Fsp3) is 0.667. The van der Waals surface area contributed by atoms with Crippen LogP contribution in [-0.4, -0.2) is 30.6 Å². The maximum absolute atomic E-state index is 3.73. The van der Waals surface area contributed by atoms with Crippen LogP contribution in [-0.2, 0) is 6.54 Å². The minimum atomic E-state index is 0.647. The molecular weight excluding hydrogens is 244 g/mol. The quantitative estimate of drug-likeness (QED) is 0.904. The molecule has 20 heavy (non-hydrogen) atoms. The molecule has 1 heterocycles. The molecule has 2 heteroatoms. The highest BCUT2D eigenvalue weighted by molar-refractivity contribution is 5.29. The summed E-state index contributed by atoms with van der Waals surface area (Å²) in [7, 11) is 0. The molecule has 1 aliphatic rings. The van der Waals surface area contributed by atoms with Crippen LogP contribution in [0.1, 0.15) is 43.4 Å². The van der Waals surface area contributed by atoms with E-state index in [0.29, 0.717) is 6.04 Å². The molecule has 2 nitrogen and oxygen atoms in total. The molecule has 0 spiro atoms. The van der Waals surface area contributed by atoms with E-state index in [2.05, 4.69) is 56.1 Å². The lowest BCUT2D eigenvalue weighted by atomic mass is 9.98. The summed E-state index contributed by atoms with van der Waals surface area (Å²) in [6.07, 6.45) is 2.52. The molecule has 2 rings (SSSR count). The zero-order chi connectivity index (χ0) is 14.5. The van der Waals surface area contributed by atoms with Crippen LogP contribution in [0.15, 0.2) is 18.2 Å². The maximum Gasteiger partial charge on any atom is 0.0234 e. The van der Waals surface area contributed by atoms with Gasteiger partial charge < -0.3 is 5.32 Å². The molecule has 1 fully saturated rings. The lowest BCUT2D eigenvalue weighted by Crippen LogP contribution is -2.41. The standard InChI is InChI=1S/C18H30N2/c1-5-14(2)18-13-20(10-6-9-19-18)12-17-8-7-15(3)16(4)11-17/h7-8,11,14,18-19H,5-6,9-10,12-13H2,1-4H3. The third kappa shape index (κ3) is 4.07. The summed E-state index contributed by atoms with van der Waals surface area (Å²) in [4.78, 5) is 2.63. The van der Waals surface area contributed by atoms with Crippen LogP contribution in [0.25, 0.3) is 0 Å². The summed E-state index contributed by atoms with van der Waals surface area (Å²) >= 11 is 0. The molecule has 1 aromatic rings. The first-order valence-electron chi connectivity index (χ1n) is 8.12. The van der Waals surface area contributed by atoms with Crippen LogP contribution in [0.3, 0.4) is 0 Å². The van der Waals surface area contributed by atoms with E-state index in [1.165, 1.54) is 49.2 Å². The predicted molar refractivity (Wildman–Crippen MR) is 87.1 cm³/mol. The number of nitrogens with zero attached hydrogens (tertiary/aromatic N) is 1. The lowest BCUT2D eigenvalue weighted by Gasteiger charge is -2.28. The van der Waals surface area contributed by atoms with Crippen molar-refractivity contribution in [1.29, 1.82) is 0 Å². The summed E-state index contributed by atoms with van der Waals surface area (Å²) in [5.74, 6) is 0.760. The van der Waals surface area contributed by atoms with Crippen molar-refractivity contribution in [2.24, 2.45) is 5.92 Å². The zero-order valence-electron chi connectivity index (χ0n) is 13.6. The van der Waals surface area contributed by atoms with Gasteiger partial charge in [-0.15, -0.1) is 0 Å². The predicted octanol–water partition coefficient (Wildman–Crippen LogP) is 3.51. The zero-order valence-corrected chi connectivity index (χ0v) is 13.6. The van der Waals surface area contributed by atoms with Gasteiger partial charge in [0.15, 0.2) is 0 Å². The molecule has 112 valence electrons. The Morgan fingerprint density at radius 2 is 2.10 bits per heavy atom. The second-order valence-corrected chi connectivity index (χ2v) is 6.45. The molecule has 1 N–H and O–H groups in total. The van der Waals surface area contributed by atoms with Crippen molar-refractivity contribution in [2.75, 3.05) is 19.6 Å². The van der Waals surface area contributed by atoms with Crippen LogP contribution in [0, 0.1) is 19.8 Å². The molecule has 2 atom stereocenters. The first-order chi connectivity index (χ1) is 9.60. The maximum atomic E-state index is 3.73. The Balaban J connectivity index is 2.01. The van der Waals surface area contributed by atoms with Gasteiger partial charge in [0.25, 0.3) is 0 Å². The second-order valence-electron chi connectivity index (χ2n) is 6.45. The SMILES string of the molecule is CCC(C)C1CN(Cc2ccc(C)c(C)c2)CCCN1. The van der Waals surface area contributed by atoms with Crippen LogP contribution in [0.2, 0.25) is 0 Å². The average Bonchev–Trinajstić information content (AvgIpc) is 2.67. The molecule has 1 aliphatic heterocycles. The van der Waals surface area contributed by atoms with Gasteiger partial charge in [0.1, 0.15) is 0 Å². The summed E-state index contributed by atoms with van der Waals surface area (Å²) in [5.41, 5.74) is 4.26. The van der Waals surface area contributed by atoms with Gasteiger partial charge in [0.2, 0.25) is 0 Å². The van der Waals surface area contributed by atoms with Crippen molar-refractivity contribution < 1.29 is 0 Å². The molecule has 0 aromatic heterocycles. The molecule has 2 unspecified atom stereocenters. The molecule has 0 amide bonds. The van der Waals surface area contributed by atoms with Crippen LogP contribution >= 0.6 is 0 Å². The highest BCUT2D eigenvalue weighted by Gasteiger charge is 2.21. The van der Waals surface area contributed by atoms with Crippen molar-refractivity contribution in [3.8, 4) is 0 Å². The molecule has 0 saturated carbocycles. The van der Waals surface area contributed by atoms with Gasteiger partial charge in [-0.3, -0.25) is 4.90 Å². The summed E-state index contributed by atoms with van der Waals surface area (Å²) in [6.45, 7) is 13.7. The monoisotopic (exact) mass is 274 g/mol. The molecule has 0 radical (unpaired) electrons. The Morgan fingerprint density at radius 1 is 1.30 bits per heavy atom. The van der Waals surface area contributed by atoms with E-state index in [9.17, 15) is 0 Å². The Bertz CT molecular complexity index is 427. The number of hydrogen-bond donors (Lipinski definition) is 1. The first-order valence-corrected chi connectivity index (χ1v) is 8.12. The molecule has 0 bridgehead atoms. The number of aryl methyl sites for hydroxylation is 2. The summed E-state index contributed by atoms with van der Waals surface area (Å²) in [6, 6.07) is 7.55. The van der Waals surface area contributed by atoms with E-state index < -0.39 is 0 Å². The largest absolute Gasteiger partial charge is 0.312 e. The third-order valence-electron chi connectivity index (χ3n) is 4.82. The van der Waals surface area contributed by atoms with E-state index in [1.54, 1.807) is 0 Å². The van der Waals surface area contributed by atoms with Crippen molar-refractivity contribution in [3.63, 3.8) is 0 Å². The molecule has 0 aliphatic carbocycles. The highest BCUT2D eigenvalue weighted by Crippen LogP contribution is 2.16. The number of benzene rings is 1. The van der Waals surface area contributed by atoms with Crippen LogP contribution in [0.5, 0.6) is 0 Å². The highest BCUT2D eigenvalue weighted by atomic mass is 15.2. The Hall–Kier alpha value is -0.860. The minimum Gasteiger partial charge on any atom is -0.312 e. The van der Waals surface area contributed by atoms with Crippen LogP contribution in [0.4, 0.5) is 0 Å². The Morgan fingerprint density at radius 3 is 2.80 bits per heavy atom. The van der Waals surface area contributed by atoms with Gasteiger partial charge in [-0.25, -0.2) is 0 Å². The minimum absolute atomic E-state index is 0.647. The van der Waals surface area contributed by atoms with Crippen LogP contribution < -0.4 is 5.32 Å². The van der Waals surface area contributed by atoms with E-state index in [1.807, 2.05) is 0 Å². The van der Waals surface area contributed by atoms with Crippen molar-refractivity contribution in [3.05, 3.63) is 34.9 Å². The molecule has 1 aromatic carbocycles. The Labute approximate surface area is 124 Å². The van der Waals surface area contributed by atoms with Crippen molar-refractivity contribution >= 4 is 0 Å². The Kier molecular flexibility index (Phi) is 5.62. The second kappa shape index (κ2) is 7.24. The average molecular weight is 274 g/mol.